The summed E-state index contributed by atoms with van der Waals surface area (Å²) in [6, 6.07) is 6.29. The van der Waals surface area contributed by atoms with E-state index in [1.807, 2.05) is 36.9 Å². The number of carbonyl (C=O) groups is 1. The Morgan fingerprint density at radius 3 is 2.89 bits per heavy atom. The van der Waals surface area contributed by atoms with E-state index in [-0.39, 0.29) is 5.91 Å². The Kier molecular flexibility index (Phi) is 4.99. The van der Waals surface area contributed by atoms with Crippen LogP contribution in [0.15, 0.2) is 22.7 Å². The Morgan fingerprint density at radius 1 is 1.53 bits per heavy atom. The van der Waals surface area contributed by atoms with Gasteiger partial charge in [0.25, 0.3) is 5.91 Å². The number of benzene rings is 1. The van der Waals surface area contributed by atoms with Crippen LogP contribution >= 0.6 is 15.9 Å². The van der Waals surface area contributed by atoms with E-state index < -0.39 is 0 Å². The van der Waals surface area contributed by atoms with Gasteiger partial charge in [0.15, 0.2) is 0 Å². The fourth-order valence-electron chi connectivity index (χ4n) is 2.57. The Bertz CT molecular complexity index is 455. The fraction of sp³-hybridized carbons (Fsp3) is 0.533. The zero-order valence-corrected chi connectivity index (χ0v) is 13.2. The highest BCUT2D eigenvalue weighted by molar-refractivity contribution is 9.10. The van der Waals surface area contributed by atoms with E-state index in [2.05, 4.69) is 21.2 Å². The van der Waals surface area contributed by atoms with Crippen molar-refractivity contribution in [2.75, 3.05) is 19.6 Å². The normalized spacial score (nSPS) is 18.6. The minimum Gasteiger partial charge on any atom is -0.337 e. The van der Waals surface area contributed by atoms with Gasteiger partial charge in [-0.15, -0.1) is 0 Å². The monoisotopic (exact) mass is 324 g/mol. The second-order valence-electron chi connectivity index (χ2n) is 5.10. The summed E-state index contributed by atoms with van der Waals surface area (Å²) in [6.07, 6.45) is 2.39. The van der Waals surface area contributed by atoms with Gasteiger partial charge in [0.2, 0.25) is 0 Å². The number of nitrogens with one attached hydrogen (secondary N) is 1. The fourth-order valence-corrected chi connectivity index (χ4v) is 3.05. The molecule has 2 rings (SSSR count). The number of carbonyl (C=O) groups excluding carboxylic acids is 1. The van der Waals surface area contributed by atoms with Crippen molar-refractivity contribution in [2.45, 2.75) is 32.7 Å². The maximum atomic E-state index is 12.6. The zero-order chi connectivity index (χ0) is 13.8. The lowest BCUT2D eigenvalue weighted by molar-refractivity contribution is 0.0750. The van der Waals surface area contributed by atoms with Crippen LogP contribution in [0.1, 0.15) is 35.7 Å². The summed E-state index contributed by atoms with van der Waals surface area (Å²) in [4.78, 5) is 14.5. The average molecular weight is 325 g/mol. The minimum atomic E-state index is 0.140. The Hall–Kier alpha value is -0.870. The second kappa shape index (κ2) is 6.53. The quantitative estimate of drug-likeness (QED) is 0.923. The number of likely N-dealkylation sites (N-methyl/N-ethyl adjacent to an activating group) is 1. The first-order valence-electron chi connectivity index (χ1n) is 6.90. The van der Waals surface area contributed by atoms with Crippen molar-refractivity contribution in [3.8, 4) is 0 Å². The lowest BCUT2D eigenvalue weighted by atomic mass is 10.1. The second-order valence-corrected chi connectivity index (χ2v) is 6.01. The molecule has 0 radical (unpaired) electrons. The van der Waals surface area contributed by atoms with Crippen LogP contribution < -0.4 is 5.32 Å². The Labute approximate surface area is 123 Å². The van der Waals surface area contributed by atoms with Crippen molar-refractivity contribution in [2.24, 2.45) is 0 Å². The molecule has 0 aromatic heterocycles. The third-order valence-electron chi connectivity index (χ3n) is 3.69. The Morgan fingerprint density at radius 2 is 2.32 bits per heavy atom. The molecular weight excluding hydrogens is 304 g/mol. The van der Waals surface area contributed by atoms with Gasteiger partial charge in [-0.3, -0.25) is 4.79 Å². The molecule has 1 N–H and O–H groups in total. The van der Waals surface area contributed by atoms with Crippen LogP contribution in [0.3, 0.4) is 0 Å². The zero-order valence-electron chi connectivity index (χ0n) is 11.6. The molecule has 1 amide bonds. The summed E-state index contributed by atoms with van der Waals surface area (Å²) >= 11 is 3.44. The molecule has 1 unspecified atom stereocenters. The number of halogens is 1. The van der Waals surface area contributed by atoms with Gasteiger partial charge in [-0.1, -0.05) is 15.9 Å². The molecule has 1 aliphatic heterocycles. The molecule has 19 heavy (non-hydrogen) atoms. The molecule has 0 bridgehead atoms. The molecule has 1 saturated heterocycles. The molecule has 4 heteroatoms. The third-order valence-corrected chi connectivity index (χ3v) is 4.18. The molecule has 1 heterocycles. The van der Waals surface area contributed by atoms with Gasteiger partial charge in [-0.05, 0) is 57.0 Å². The van der Waals surface area contributed by atoms with E-state index in [0.717, 1.165) is 35.2 Å². The third kappa shape index (κ3) is 3.57. The largest absolute Gasteiger partial charge is 0.337 e. The van der Waals surface area contributed by atoms with Crippen LogP contribution in [-0.2, 0) is 0 Å². The van der Waals surface area contributed by atoms with Crippen LogP contribution in [0, 0.1) is 6.92 Å². The predicted molar refractivity (Wildman–Crippen MR) is 81.5 cm³/mol. The topological polar surface area (TPSA) is 32.3 Å². The number of rotatable bonds is 4. The van der Waals surface area contributed by atoms with E-state index in [1.54, 1.807) is 0 Å². The SMILES string of the molecule is CCN(CC1CCCN1)C(=O)c1ccc(Br)cc1C. The van der Waals surface area contributed by atoms with Gasteiger partial charge in [0.1, 0.15) is 0 Å². The number of hydrogen-bond acceptors (Lipinski definition) is 2. The van der Waals surface area contributed by atoms with Crippen molar-refractivity contribution >= 4 is 21.8 Å². The lowest BCUT2D eigenvalue weighted by Crippen LogP contribution is -2.41. The van der Waals surface area contributed by atoms with Crippen LogP contribution in [0.5, 0.6) is 0 Å². The molecule has 1 aromatic rings. The van der Waals surface area contributed by atoms with E-state index >= 15 is 0 Å². The van der Waals surface area contributed by atoms with E-state index in [1.165, 1.54) is 12.8 Å². The molecule has 3 nitrogen and oxygen atoms in total. The number of hydrogen-bond donors (Lipinski definition) is 1. The number of amides is 1. The van der Waals surface area contributed by atoms with Gasteiger partial charge in [-0.2, -0.15) is 0 Å². The smallest absolute Gasteiger partial charge is 0.254 e. The summed E-state index contributed by atoms with van der Waals surface area (Å²) in [7, 11) is 0. The highest BCUT2D eigenvalue weighted by Crippen LogP contribution is 2.18. The molecule has 0 saturated carbocycles. The van der Waals surface area contributed by atoms with E-state index in [9.17, 15) is 4.79 Å². The molecule has 0 spiro atoms. The number of aryl methyl sites for hydroxylation is 1. The van der Waals surface area contributed by atoms with Gasteiger partial charge >= 0.3 is 0 Å². The predicted octanol–water partition coefficient (Wildman–Crippen LogP) is 2.97. The van der Waals surface area contributed by atoms with Gasteiger partial charge in [-0.25, -0.2) is 0 Å². The first kappa shape index (κ1) is 14.5. The summed E-state index contributed by atoms with van der Waals surface area (Å²) in [5, 5.41) is 3.45. The summed E-state index contributed by atoms with van der Waals surface area (Å²) < 4.78 is 1.02. The molecular formula is C15H21BrN2O. The van der Waals surface area contributed by atoms with Crippen LogP contribution in [0.4, 0.5) is 0 Å². The van der Waals surface area contributed by atoms with Crippen molar-refractivity contribution in [1.29, 1.82) is 0 Å². The first-order chi connectivity index (χ1) is 9.11. The van der Waals surface area contributed by atoms with Crippen LogP contribution in [0.2, 0.25) is 0 Å². The molecule has 104 valence electrons. The van der Waals surface area contributed by atoms with Crippen molar-refractivity contribution in [3.63, 3.8) is 0 Å². The standard InChI is InChI=1S/C15H21BrN2O/c1-3-18(10-13-5-4-8-17-13)15(19)14-7-6-12(16)9-11(14)2/h6-7,9,13,17H,3-5,8,10H2,1-2H3. The van der Waals surface area contributed by atoms with E-state index in [4.69, 9.17) is 0 Å². The molecule has 1 atom stereocenters. The van der Waals surface area contributed by atoms with Gasteiger partial charge in [0.05, 0.1) is 0 Å². The highest BCUT2D eigenvalue weighted by atomic mass is 79.9. The lowest BCUT2D eigenvalue weighted by Gasteiger charge is -2.25. The summed E-state index contributed by atoms with van der Waals surface area (Å²) in [5.74, 6) is 0.140. The Balaban J connectivity index is 2.10. The first-order valence-corrected chi connectivity index (χ1v) is 7.70. The van der Waals surface area contributed by atoms with Crippen molar-refractivity contribution in [3.05, 3.63) is 33.8 Å². The number of nitrogens with zero attached hydrogens (tertiary/aromatic N) is 1. The van der Waals surface area contributed by atoms with Crippen LogP contribution in [0.25, 0.3) is 0 Å². The van der Waals surface area contributed by atoms with Gasteiger partial charge < -0.3 is 10.2 Å². The maximum Gasteiger partial charge on any atom is 0.254 e. The van der Waals surface area contributed by atoms with Crippen molar-refractivity contribution < 1.29 is 4.79 Å². The van der Waals surface area contributed by atoms with Gasteiger partial charge in [0, 0.05) is 29.2 Å². The minimum absolute atomic E-state index is 0.140. The maximum absolute atomic E-state index is 12.6. The van der Waals surface area contributed by atoms with E-state index in [0.29, 0.717) is 6.04 Å². The van der Waals surface area contributed by atoms with Crippen molar-refractivity contribution in [1.82, 2.24) is 10.2 Å². The average Bonchev–Trinajstić information content (AvgIpc) is 2.88. The molecule has 0 aliphatic carbocycles. The van der Waals surface area contributed by atoms with Crippen LogP contribution in [-0.4, -0.2) is 36.5 Å². The highest BCUT2D eigenvalue weighted by Gasteiger charge is 2.22. The molecule has 1 fully saturated rings. The molecule has 1 aliphatic rings. The summed E-state index contributed by atoms with van der Waals surface area (Å²) in [6.45, 7) is 6.67. The summed E-state index contributed by atoms with van der Waals surface area (Å²) in [5.41, 5.74) is 1.83. The molecule has 1 aromatic carbocycles.